The Balaban J connectivity index is 3.51. The van der Waals surface area contributed by atoms with E-state index in [-0.39, 0.29) is 11.0 Å². The van der Waals surface area contributed by atoms with Crippen LogP contribution in [0.2, 0.25) is 0 Å². The van der Waals surface area contributed by atoms with Crippen molar-refractivity contribution in [3.63, 3.8) is 0 Å². The summed E-state index contributed by atoms with van der Waals surface area (Å²) < 4.78 is 78.5. The van der Waals surface area contributed by atoms with Gasteiger partial charge in [0.05, 0.1) is 23.7 Å². The molecule has 0 aliphatic heterocycles. The Kier molecular flexibility index (Phi) is 4.86. The standard InChI is InChI=1S/C10H5BrF6N2O/c11-4-5-3-7(9(12,13)14)6(1-2-18)8(19-5)20-10(15,16)17/h3H,1,4H2. The van der Waals surface area contributed by atoms with E-state index in [1.165, 1.54) is 6.07 Å². The van der Waals surface area contributed by atoms with Crippen molar-refractivity contribution < 1.29 is 31.1 Å². The topological polar surface area (TPSA) is 45.9 Å². The molecular weight excluding hydrogens is 358 g/mol. The van der Waals surface area contributed by atoms with E-state index in [9.17, 15) is 26.3 Å². The number of ether oxygens (including phenoxy) is 1. The maximum atomic E-state index is 12.8. The lowest BCUT2D eigenvalue weighted by molar-refractivity contribution is -0.276. The number of nitriles is 1. The highest BCUT2D eigenvalue weighted by Gasteiger charge is 2.39. The molecule has 0 saturated heterocycles. The van der Waals surface area contributed by atoms with E-state index in [1.54, 1.807) is 0 Å². The number of hydrogen-bond donors (Lipinski definition) is 0. The molecule has 0 saturated carbocycles. The zero-order valence-electron chi connectivity index (χ0n) is 9.44. The van der Waals surface area contributed by atoms with Crippen molar-refractivity contribution >= 4 is 15.9 Å². The molecule has 0 fully saturated rings. The van der Waals surface area contributed by atoms with Gasteiger partial charge in [0.1, 0.15) is 0 Å². The third-order valence-electron chi connectivity index (χ3n) is 2.05. The first-order chi connectivity index (χ1) is 9.08. The van der Waals surface area contributed by atoms with Gasteiger partial charge in [0, 0.05) is 10.9 Å². The fourth-order valence-corrected chi connectivity index (χ4v) is 1.65. The highest BCUT2D eigenvalue weighted by Crippen LogP contribution is 2.37. The summed E-state index contributed by atoms with van der Waals surface area (Å²) >= 11 is 2.80. The van der Waals surface area contributed by atoms with Crippen LogP contribution in [0.25, 0.3) is 0 Å². The molecular formula is C10H5BrF6N2O. The van der Waals surface area contributed by atoms with Gasteiger partial charge in [0.2, 0.25) is 5.88 Å². The van der Waals surface area contributed by atoms with E-state index in [2.05, 4.69) is 25.7 Å². The molecule has 0 bridgehead atoms. The van der Waals surface area contributed by atoms with Crippen LogP contribution in [-0.4, -0.2) is 11.3 Å². The Morgan fingerprint density at radius 3 is 2.25 bits per heavy atom. The van der Waals surface area contributed by atoms with Crippen LogP contribution >= 0.6 is 15.9 Å². The van der Waals surface area contributed by atoms with Crippen LogP contribution in [0.15, 0.2) is 6.07 Å². The molecule has 0 spiro atoms. The van der Waals surface area contributed by atoms with E-state index >= 15 is 0 Å². The molecule has 0 radical (unpaired) electrons. The molecule has 1 heterocycles. The van der Waals surface area contributed by atoms with Crippen molar-refractivity contribution in [3.05, 3.63) is 22.9 Å². The predicted octanol–water partition coefficient (Wildman–Crippen LogP) is 3.96. The molecule has 1 aromatic rings. The van der Waals surface area contributed by atoms with Crippen molar-refractivity contribution in [1.82, 2.24) is 4.98 Å². The minimum absolute atomic E-state index is 0.197. The SMILES string of the molecule is N#CCc1c(C(F)(F)F)cc(CBr)nc1OC(F)(F)F. The molecule has 0 N–H and O–H groups in total. The summed E-state index contributed by atoms with van der Waals surface area (Å²) in [7, 11) is 0. The fourth-order valence-electron chi connectivity index (χ4n) is 1.36. The van der Waals surface area contributed by atoms with Crippen molar-refractivity contribution in [1.29, 1.82) is 5.26 Å². The second-order valence-corrected chi connectivity index (χ2v) is 4.02. The summed E-state index contributed by atoms with van der Waals surface area (Å²) in [6.07, 6.45) is -11.0. The van der Waals surface area contributed by atoms with Crippen molar-refractivity contribution in [3.8, 4) is 11.9 Å². The summed E-state index contributed by atoms with van der Waals surface area (Å²) in [5, 5.41) is 8.27. The highest BCUT2D eigenvalue weighted by atomic mass is 79.9. The fraction of sp³-hybridized carbons (Fsp3) is 0.400. The van der Waals surface area contributed by atoms with Crippen LogP contribution in [0.4, 0.5) is 26.3 Å². The second kappa shape index (κ2) is 5.87. The van der Waals surface area contributed by atoms with Crippen LogP contribution in [0.5, 0.6) is 5.88 Å². The van der Waals surface area contributed by atoms with Crippen LogP contribution in [-0.2, 0) is 17.9 Å². The van der Waals surface area contributed by atoms with E-state index in [1.807, 2.05) is 0 Å². The molecule has 110 valence electrons. The van der Waals surface area contributed by atoms with Crippen molar-refractivity contribution in [2.24, 2.45) is 0 Å². The molecule has 0 aliphatic carbocycles. The first-order valence-electron chi connectivity index (χ1n) is 4.87. The average molecular weight is 363 g/mol. The number of hydrogen-bond acceptors (Lipinski definition) is 3. The summed E-state index contributed by atoms with van der Waals surface area (Å²) in [5.41, 5.74) is -2.61. The normalized spacial score (nSPS) is 12.1. The molecule has 1 aromatic heterocycles. The molecule has 20 heavy (non-hydrogen) atoms. The first kappa shape index (κ1) is 16.6. The summed E-state index contributed by atoms with van der Waals surface area (Å²) in [6.45, 7) is 0. The number of aromatic nitrogens is 1. The number of pyridine rings is 1. The Labute approximate surface area is 117 Å². The quantitative estimate of drug-likeness (QED) is 0.603. The number of rotatable bonds is 3. The van der Waals surface area contributed by atoms with Crippen molar-refractivity contribution in [2.75, 3.05) is 0 Å². The minimum Gasteiger partial charge on any atom is -0.388 e. The zero-order valence-corrected chi connectivity index (χ0v) is 11.0. The molecule has 3 nitrogen and oxygen atoms in total. The van der Waals surface area contributed by atoms with Gasteiger partial charge in [0.25, 0.3) is 0 Å². The Morgan fingerprint density at radius 1 is 1.25 bits per heavy atom. The monoisotopic (exact) mass is 362 g/mol. The number of halogens is 7. The molecule has 0 aromatic carbocycles. The Morgan fingerprint density at radius 2 is 1.85 bits per heavy atom. The number of alkyl halides is 7. The summed E-state index contributed by atoms with van der Waals surface area (Å²) in [6, 6.07) is 1.94. The van der Waals surface area contributed by atoms with Gasteiger partial charge in [-0.25, -0.2) is 4.98 Å². The molecule has 0 atom stereocenters. The third kappa shape index (κ3) is 4.26. The van der Waals surface area contributed by atoms with Crippen LogP contribution in [0.1, 0.15) is 16.8 Å². The van der Waals surface area contributed by atoms with Gasteiger partial charge in [-0.1, -0.05) is 15.9 Å². The van der Waals surface area contributed by atoms with Gasteiger partial charge >= 0.3 is 12.5 Å². The lowest BCUT2D eigenvalue weighted by Gasteiger charge is -2.17. The Hall–Kier alpha value is -1.50. The highest BCUT2D eigenvalue weighted by molar-refractivity contribution is 9.08. The van der Waals surface area contributed by atoms with Gasteiger partial charge in [-0.3, -0.25) is 0 Å². The van der Waals surface area contributed by atoms with Gasteiger partial charge < -0.3 is 4.74 Å². The maximum Gasteiger partial charge on any atom is 0.574 e. The zero-order chi connectivity index (χ0) is 15.6. The van der Waals surface area contributed by atoms with Crippen molar-refractivity contribution in [2.45, 2.75) is 24.3 Å². The van der Waals surface area contributed by atoms with E-state index < -0.39 is 36.0 Å². The molecule has 1 rings (SSSR count). The first-order valence-corrected chi connectivity index (χ1v) is 5.99. The largest absolute Gasteiger partial charge is 0.574 e. The molecule has 0 aliphatic rings. The minimum atomic E-state index is -5.20. The van der Waals surface area contributed by atoms with Gasteiger partial charge in [0.15, 0.2) is 0 Å². The third-order valence-corrected chi connectivity index (χ3v) is 2.62. The lowest BCUT2D eigenvalue weighted by atomic mass is 10.1. The van der Waals surface area contributed by atoms with Gasteiger partial charge in [-0.2, -0.15) is 18.4 Å². The average Bonchev–Trinajstić information content (AvgIpc) is 2.27. The predicted molar refractivity (Wildman–Crippen MR) is 57.9 cm³/mol. The lowest BCUT2D eigenvalue weighted by Crippen LogP contribution is -2.21. The molecule has 0 amide bonds. The van der Waals surface area contributed by atoms with Gasteiger partial charge in [-0.15, -0.1) is 13.2 Å². The van der Waals surface area contributed by atoms with Crippen LogP contribution < -0.4 is 4.74 Å². The smallest absolute Gasteiger partial charge is 0.388 e. The summed E-state index contributed by atoms with van der Waals surface area (Å²) in [5.74, 6) is -1.26. The molecule has 10 heteroatoms. The summed E-state index contributed by atoms with van der Waals surface area (Å²) in [4.78, 5) is 3.33. The van der Waals surface area contributed by atoms with E-state index in [4.69, 9.17) is 5.26 Å². The maximum absolute atomic E-state index is 12.8. The number of nitrogens with zero attached hydrogens (tertiary/aromatic N) is 2. The van der Waals surface area contributed by atoms with Crippen LogP contribution in [0.3, 0.4) is 0 Å². The van der Waals surface area contributed by atoms with E-state index in [0.29, 0.717) is 6.07 Å². The molecule has 0 unspecified atom stereocenters. The van der Waals surface area contributed by atoms with Crippen LogP contribution in [0, 0.1) is 11.3 Å². The Bertz CT molecular complexity index is 534. The van der Waals surface area contributed by atoms with E-state index in [0.717, 1.165) is 0 Å². The second-order valence-electron chi connectivity index (χ2n) is 3.46. The van der Waals surface area contributed by atoms with Gasteiger partial charge in [-0.05, 0) is 6.07 Å².